The van der Waals surface area contributed by atoms with Crippen molar-refractivity contribution in [3.8, 4) is 0 Å². The van der Waals surface area contributed by atoms with Crippen molar-refractivity contribution >= 4 is 10.1 Å². The van der Waals surface area contributed by atoms with Crippen LogP contribution in [0, 0.1) is 0 Å². The predicted molar refractivity (Wildman–Crippen MR) is 114 cm³/mol. The van der Waals surface area contributed by atoms with E-state index in [2.05, 4.69) is 13.8 Å². The molecule has 0 heterocycles. The van der Waals surface area contributed by atoms with Gasteiger partial charge >= 0.3 is 51.4 Å². The predicted octanol–water partition coefficient (Wildman–Crippen LogP) is 3.33. The van der Waals surface area contributed by atoms with Gasteiger partial charge < -0.3 is 9.66 Å². The summed E-state index contributed by atoms with van der Waals surface area (Å²) in [5, 5.41) is 9.09. The third-order valence-electron chi connectivity index (χ3n) is 5.49. The van der Waals surface area contributed by atoms with Crippen molar-refractivity contribution in [1.82, 2.24) is 0 Å². The molecule has 0 rings (SSSR count). The number of hydrogen-bond donors (Lipinski definition) is 1. The molecule has 0 aliphatic rings. The maximum absolute atomic E-state index is 11.5. The van der Waals surface area contributed by atoms with Crippen LogP contribution in [-0.2, 0) is 10.1 Å². The van der Waals surface area contributed by atoms with Gasteiger partial charge in [-0.15, -0.1) is 0 Å². The van der Waals surface area contributed by atoms with Crippen LogP contribution in [0.15, 0.2) is 0 Å². The van der Waals surface area contributed by atoms with Gasteiger partial charge in [0.1, 0.15) is 0 Å². The van der Waals surface area contributed by atoms with E-state index in [1.165, 1.54) is 44.9 Å². The molecule has 0 bridgehead atoms. The van der Waals surface area contributed by atoms with Gasteiger partial charge in [0.25, 0.3) is 0 Å². The van der Waals surface area contributed by atoms with Crippen molar-refractivity contribution in [1.29, 1.82) is 0 Å². The van der Waals surface area contributed by atoms with Crippen LogP contribution in [0.1, 0.15) is 129 Å². The molecular weight excluding hydrogens is 399 g/mol. The summed E-state index contributed by atoms with van der Waals surface area (Å²) < 4.78 is 34.5. The Kier molecular flexibility index (Phi) is 24.6. The molecule has 0 saturated carbocycles. The second-order valence-electron chi connectivity index (χ2n) is 8.17. The van der Waals surface area contributed by atoms with Gasteiger partial charge in [0.05, 0.1) is 16.2 Å². The average Bonchev–Trinajstić information content (AvgIpc) is 2.62. The topological polar surface area (TPSA) is 77.4 Å². The molecule has 2 unspecified atom stereocenters. The molecule has 28 heavy (non-hydrogen) atoms. The van der Waals surface area contributed by atoms with Crippen molar-refractivity contribution in [3.05, 3.63) is 0 Å². The summed E-state index contributed by atoms with van der Waals surface area (Å²) >= 11 is 0. The largest absolute Gasteiger partial charge is 1.00 e. The van der Waals surface area contributed by atoms with Crippen LogP contribution >= 0.6 is 0 Å². The van der Waals surface area contributed by atoms with E-state index in [4.69, 9.17) is 0 Å². The van der Waals surface area contributed by atoms with Crippen LogP contribution in [0.2, 0.25) is 0 Å². The van der Waals surface area contributed by atoms with Crippen molar-refractivity contribution in [3.63, 3.8) is 0 Å². The van der Waals surface area contributed by atoms with Crippen LogP contribution in [0.3, 0.4) is 0 Å². The number of hydrogen-bond acceptors (Lipinski definition) is 4. The molecule has 1 N–H and O–H groups in total. The van der Waals surface area contributed by atoms with E-state index in [1.807, 2.05) is 0 Å². The van der Waals surface area contributed by atoms with E-state index in [1.54, 1.807) is 0 Å². The molecule has 0 fully saturated rings. The molecule has 0 aromatic carbocycles. The Morgan fingerprint density at radius 3 is 1.46 bits per heavy atom. The van der Waals surface area contributed by atoms with Gasteiger partial charge in [-0.25, -0.2) is 8.42 Å². The van der Waals surface area contributed by atoms with Crippen LogP contribution in [0.25, 0.3) is 0 Å². The third-order valence-corrected chi connectivity index (χ3v) is 6.78. The van der Waals surface area contributed by atoms with Crippen LogP contribution in [-0.4, -0.2) is 29.4 Å². The summed E-state index contributed by atoms with van der Waals surface area (Å²) in [6.07, 6.45) is 17.9. The second kappa shape index (κ2) is 21.7. The van der Waals surface area contributed by atoms with E-state index < -0.39 is 15.4 Å². The molecule has 2 atom stereocenters. The Labute approximate surface area is 218 Å². The van der Waals surface area contributed by atoms with Gasteiger partial charge in [-0.1, -0.05) is 104 Å². The average molecular weight is 445 g/mol. The minimum Gasteiger partial charge on any atom is -0.748 e. The fourth-order valence-electron chi connectivity index (χ4n) is 3.63. The van der Waals surface area contributed by atoms with Crippen molar-refractivity contribution < 1.29 is 69.5 Å². The van der Waals surface area contributed by atoms with Gasteiger partial charge in [0.2, 0.25) is 0 Å². The van der Waals surface area contributed by atoms with Crippen LogP contribution < -0.4 is 51.4 Å². The molecule has 0 radical (unpaired) electrons. The van der Waals surface area contributed by atoms with Crippen LogP contribution in [0.5, 0.6) is 0 Å². The Morgan fingerprint density at radius 2 is 1.00 bits per heavy atom. The van der Waals surface area contributed by atoms with Gasteiger partial charge in [0, 0.05) is 5.25 Å². The maximum atomic E-state index is 11.5. The van der Waals surface area contributed by atoms with Gasteiger partial charge in [0.15, 0.2) is 0 Å². The molecule has 0 saturated heterocycles. The molecule has 4 nitrogen and oxygen atoms in total. The number of rotatable bonds is 20. The molecule has 164 valence electrons. The Bertz CT molecular complexity index is 415. The summed E-state index contributed by atoms with van der Waals surface area (Å²) in [6.45, 7) is 4.33. The Balaban J connectivity index is 0. The van der Waals surface area contributed by atoms with Gasteiger partial charge in [-0.2, -0.15) is 0 Å². The SMILES string of the molecule is CCCCCCCCCCCCC(CCCCC(O)CCCC)S(=O)(=O)[O-].[K+]. The molecule has 6 heteroatoms. The standard InChI is InChI=1S/C22H46O4S.K/c1-3-5-7-8-9-10-11-12-13-14-19-22(27(24,25)26)20-16-15-18-21(23)17-6-4-2;/h21-23H,3-20H2,1-2H3,(H,24,25,26);/q;+1/p-1. The first-order valence-electron chi connectivity index (χ1n) is 11.5. The fourth-order valence-corrected chi connectivity index (χ4v) is 4.54. The van der Waals surface area contributed by atoms with E-state index in [9.17, 15) is 18.1 Å². The molecular formula is C22H45KO4S. The normalized spacial score (nSPS) is 13.9. The summed E-state index contributed by atoms with van der Waals surface area (Å²) in [6, 6.07) is 0. The second-order valence-corrected chi connectivity index (χ2v) is 9.82. The fraction of sp³-hybridized carbons (Fsp3) is 1.00. The summed E-state index contributed by atoms with van der Waals surface area (Å²) in [7, 11) is -4.20. The van der Waals surface area contributed by atoms with E-state index in [0.29, 0.717) is 25.7 Å². The van der Waals surface area contributed by atoms with Crippen molar-refractivity contribution in [2.45, 2.75) is 141 Å². The Hall–Kier alpha value is 1.51. The Morgan fingerprint density at radius 1 is 0.643 bits per heavy atom. The van der Waals surface area contributed by atoms with Crippen molar-refractivity contribution in [2.75, 3.05) is 0 Å². The van der Waals surface area contributed by atoms with Gasteiger partial charge in [-0.05, 0) is 25.7 Å². The molecule has 0 spiro atoms. The smallest absolute Gasteiger partial charge is 0.748 e. The summed E-state index contributed by atoms with van der Waals surface area (Å²) in [5.74, 6) is 0. The van der Waals surface area contributed by atoms with E-state index >= 15 is 0 Å². The van der Waals surface area contributed by atoms with E-state index in [-0.39, 0.29) is 57.5 Å². The minimum absolute atomic E-state index is 0. The minimum atomic E-state index is -4.20. The first-order chi connectivity index (χ1) is 12.9. The van der Waals surface area contributed by atoms with Gasteiger partial charge in [-0.3, -0.25) is 0 Å². The number of aliphatic hydroxyl groups excluding tert-OH is 1. The molecule has 0 aromatic rings. The zero-order chi connectivity index (χ0) is 20.4. The molecule has 0 aliphatic heterocycles. The van der Waals surface area contributed by atoms with E-state index in [0.717, 1.165) is 44.9 Å². The zero-order valence-electron chi connectivity index (χ0n) is 19.0. The number of aliphatic hydroxyl groups is 1. The summed E-state index contributed by atoms with van der Waals surface area (Å²) in [4.78, 5) is 0. The summed E-state index contributed by atoms with van der Waals surface area (Å²) in [5.41, 5.74) is 0. The molecule has 0 aromatic heterocycles. The molecule has 0 amide bonds. The first-order valence-corrected chi connectivity index (χ1v) is 13.0. The van der Waals surface area contributed by atoms with Crippen molar-refractivity contribution in [2.24, 2.45) is 0 Å². The quantitative estimate of drug-likeness (QED) is 0.177. The maximum Gasteiger partial charge on any atom is 1.00 e. The number of unbranched alkanes of at least 4 members (excludes halogenated alkanes) is 11. The first kappa shape index (κ1) is 31.7. The monoisotopic (exact) mass is 444 g/mol. The zero-order valence-corrected chi connectivity index (χ0v) is 22.9. The van der Waals surface area contributed by atoms with Crippen LogP contribution in [0.4, 0.5) is 0 Å². The molecule has 0 aliphatic carbocycles. The third kappa shape index (κ3) is 20.8.